The molecular formula is C32H36S5. The first-order valence-corrected chi connectivity index (χ1v) is 17.9. The quantitative estimate of drug-likeness (QED) is 0.115. The van der Waals surface area contributed by atoms with Gasteiger partial charge in [-0.1, -0.05) is 64.5 Å². The maximum Gasteiger partial charge on any atom is 0.0484 e. The Labute approximate surface area is 242 Å². The molecule has 0 fully saturated rings. The molecule has 0 saturated heterocycles. The third-order valence-corrected chi connectivity index (χ3v) is 12.7. The van der Waals surface area contributed by atoms with E-state index < -0.39 is 0 Å². The SMILES string of the molecule is CCCCCCc1cc(-c2cccs2)sc1-c1sc(-c2ccc(-c3cccs3)s2)cc1CCCCCC. The molecule has 0 bridgehead atoms. The maximum absolute atomic E-state index is 2.53. The fraction of sp³-hybridized carbons (Fsp3) is 0.375. The molecule has 5 aromatic rings. The summed E-state index contributed by atoms with van der Waals surface area (Å²) in [5.74, 6) is 0. The minimum Gasteiger partial charge on any atom is -0.143 e. The van der Waals surface area contributed by atoms with Gasteiger partial charge in [0.2, 0.25) is 0 Å². The average Bonchev–Trinajstić information content (AvgIpc) is 3.73. The summed E-state index contributed by atoms with van der Waals surface area (Å²) < 4.78 is 0. The van der Waals surface area contributed by atoms with Crippen LogP contribution in [0.2, 0.25) is 0 Å². The summed E-state index contributed by atoms with van der Waals surface area (Å²) in [6.45, 7) is 4.61. The zero-order valence-electron chi connectivity index (χ0n) is 21.9. The van der Waals surface area contributed by atoms with Crippen LogP contribution >= 0.6 is 56.7 Å². The van der Waals surface area contributed by atoms with Gasteiger partial charge < -0.3 is 0 Å². The Morgan fingerprint density at radius 1 is 0.486 bits per heavy atom. The summed E-state index contributed by atoms with van der Waals surface area (Å²) in [6.07, 6.45) is 12.9. The monoisotopic (exact) mass is 580 g/mol. The van der Waals surface area contributed by atoms with Gasteiger partial charge in [0.1, 0.15) is 0 Å². The number of hydrogen-bond acceptors (Lipinski definition) is 5. The van der Waals surface area contributed by atoms with E-state index in [1.54, 1.807) is 11.1 Å². The Kier molecular flexibility index (Phi) is 9.90. The second kappa shape index (κ2) is 13.5. The van der Waals surface area contributed by atoms with Crippen LogP contribution in [0.25, 0.3) is 39.0 Å². The molecule has 5 heterocycles. The molecule has 0 nitrogen and oxygen atoms in total. The van der Waals surface area contributed by atoms with Crippen molar-refractivity contribution in [2.24, 2.45) is 0 Å². The molecule has 5 rings (SSSR count). The highest BCUT2D eigenvalue weighted by molar-refractivity contribution is 7.29. The molecule has 0 aliphatic carbocycles. The molecule has 5 heteroatoms. The van der Waals surface area contributed by atoms with Crippen LogP contribution in [-0.2, 0) is 12.8 Å². The summed E-state index contributed by atoms with van der Waals surface area (Å²) in [7, 11) is 0. The van der Waals surface area contributed by atoms with Crippen LogP contribution in [0.1, 0.15) is 76.3 Å². The van der Waals surface area contributed by atoms with E-state index in [0.717, 1.165) is 0 Å². The lowest BCUT2D eigenvalue weighted by Crippen LogP contribution is -1.89. The van der Waals surface area contributed by atoms with E-state index in [2.05, 4.69) is 73.1 Å². The molecule has 37 heavy (non-hydrogen) atoms. The first-order valence-electron chi connectivity index (χ1n) is 13.7. The van der Waals surface area contributed by atoms with Gasteiger partial charge in [-0.05, 0) is 84.0 Å². The number of aryl methyl sites for hydroxylation is 2. The van der Waals surface area contributed by atoms with Crippen molar-refractivity contribution in [2.45, 2.75) is 78.1 Å². The van der Waals surface area contributed by atoms with E-state index in [1.807, 2.05) is 56.7 Å². The normalized spacial score (nSPS) is 11.5. The van der Waals surface area contributed by atoms with Crippen LogP contribution in [0.15, 0.2) is 59.3 Å². The van der Waals surface area contributed by atoms with Crippen molar-refractivity contribution in [2.75, 3.05) is 0 Å². The first-order chi connectivity index (χ1) is 18.3. The first kappa shape index (κ1) is 27.1. The second-order valence-electron chi connectivity index (χ2n) is 9.67. The third-order valence-electron chi connectivity index (χ3n) is 6.80. The molecule has 5 aromatic heterocycles. The minimum absolute atomic E-state index is 1.19. The molecule has 0 aromatic carbocycles. The van der Waals surface area contributed by atoms with E-state index in [4.69, 9.17) is 0 Å². The predicted molar refractivity (Wildman–Crippen MR) is 173 cm³/mol. The van der Waals surface area contributed by atoms with Crippen LogP contribution < -0.4 is 0 Å². The maximum atomic E-state index is 2.53. The van der Waals surface area contributed by atoms with Crippen molar-refractivity contribution in [3.8, 4) is 39.0 Å². The fourth-order valence-electron chi connectivity index (χ4n) is 4.78. The lowest BCUT2D eigenvalue weighted by molar-refractivity contribution is 0.666. The fourth-order valence-corrected chi connectivity index (χ4v) is 10.1. The number of unbranched alkanes of at least 4 members (excludes halogenated alkanes) is 6. The number of rotatable bonds is 14. The van der Waals surface area contributed by atoms with Crippen molar-refractivity contribution >= 4 is 56.7 Å². The molecule has 0 atom stereocenters. The summed E-state index contributed by atoms with van der Waals surface area (Å²) in [5.41, 5.74) is 3.13. The Morgan fingerprint density at radius 2 is 0.973 bits per heavy atom. The van der Waals surface area contributed by atoms with Crippen molar-refractivity contribution in [3.05, 3.63) is 70.4 Å². The molecule has 0 N–H and O–H groups in total. The molecule has 0 aliphatic rings. The van der Waals surface area contributed by atoms with E-state index in [-0.39, 0.29) is 0 Å². The summed E-state index contributed by atoms with van der Waals surface area (Å²) in [5, 5.41) is 4.39. The van der Waals surface area contributed by atoms with Crippen LogP contribution in [-0.4, -0.2) is 0 Å². The minimum atomic E-state index is 1.19. The molecule has 194 valence electrons. The molecule has 0 amide bonds. The van der Waals surface area contributed by atoms with Crippen LogP contribution in [0.3, 0.4) is 0 Å². The van der Waals surface area contributed by atoms with E-state index in [9.17, 15) is 0 Å². The van der Waals surface area contributed by atoms with Gasteiger partial charge in [-0.15, -0.1) is 56.7 Å². The van der Waals surface area contributed by atoms with Gasteiger partial charge in [0.15, 0.2) is 0 Å². The Bertz CT molecular complexity index is 1340. The van der Waals surface area contributed by atoms with Gasteiger partial charge in [0, 0.05) is 39.0 Å². The number of thiophene rings is 5. The van der Waals surface area contributed by atoms with Gasteiger partial charge >= 0.3 is 0 Å². The lowest BCUT2D eigenvalue weighted by atomic mass is 10.0. The lowest BCUT2D eigenvalue weighted by Gasteiger charge is -2.06. The molecule has 0 saturated carbocycles. The van der Waals surface area contributed by atoms with Gasteiger partial charge in [-0.2, -0.15) is 0 Å². The summed E-state index contributed by atoms with van der Waals surface area (Å²) in [4.78, 5) is 11.5. The van der Waals surface area contributed by atoms with Crippen molar-refractivity contribution in [1.29, 1.82) is 0 Å². The molecule has 0 radical (unpaired) electrons. The molecular weight excluding hydrogens is 545 g/mol. The topological polar surface area (TPSA) is 0 Å². The molecule has 0 unspecified atom stereocenters. The second-order valence-corrected chi connectivity index (χ2v) is 14.8. The largest absolute Gasteiger partial charge is 0.143 e. The average molecular weight is 581 g/mol. The van der Waals surface area contributed by atoms with Crippen molar-refractivity contribution < 1.29 is 0 Å². The predicted octanol–water partition coefficient (Wildman–Crippen LogP) is 12.9. The highest BCUT2D eigenvalue weighted by atomic mass is 32.1. The Morgan fingerprint density at radius 3 is 1.46 bits per heavy atom. The smallest absolute Gasteiger partial charge is 0.0484 e. The highest BCUT2D eigenvalue weighted by Crippen LogP contribution is 2.48. The molecule has 0 aliphatic heterocycles. The highest BCUT2D eigenvalue weighted by Gasteiger charge is 2.20. The number of hydrogen-bond donors (Lipinski definition) is 0. The van der Waals surface area contributed by atoms with Gasteiger partial charge in [0.25, 0.3) is 0 Å². The third kappa shape index (κ3) is 6.75. The summed E-state index contributed by atoms with van der Waals surface area (Å²) in [6, 6.07) is 18.6. The van der Waals surface area contributed by atoms with E-state index >= 15 is 0 Å². The van der Waals surface area contributed by atoms with E-state index in [0.29, 0.717) is 0 Å². The zero-order valence-corrected chi connectivity index (χ0v) is 26.0. The van der Waals surface area contributed by atoms with Gasteiger partial charge in [-0.3, -0.25) is 0 Å². The van der Waals surface area contributed by atoms with E-state index in [1.165, 1.54) is 103 Å². The standard InChI is InChI=1S/C32H36S5/c1-3-5-7-9-13-23-21-29(26-16-12-20-34-26)36-31(23)32-24(14-10-8-6-4-2)22-30(37-32)28-18-17-27(35-28)25-15-11-19-33-25/h11-12,15-22H,3-10,13-14H2,1-2H3. The Balaban J connectivity index is 1.51. The van der Waals surface area contributed by atoms with Gasteiger partial charge in [0.05, 0.1) is 0 Å². The molecule has 0 spiro atoms. The van der Waals surface area contributed by atoms with Crippen molar-refractivity contribution in [1.82, 2.24) is 0 Å². The van der Waals surface area contributed by atoms with Crippen LogP contribution in [0, 0.1) is 0 Å². The van der Waals surface area contributed by atoms with Crippen molar-refractivity contribution in [3.63, 3.8) is 0 Å². The van der Waals surface area contributed by atoms with Crippen LogP contribution in [0.4, 0.5) is 0 Å². The van der Waals surface area contributed by atoms with Gasteiger partial charge in [-0.25, -0.2) is 0 Å². The van der Waals surface area contributed by atoms with Crippen LogP contribution in [0.5, 0.6) is 0 Å². The summed E-state index contributed by atoms with van der Waals surface area (Å²) >= 11 is 9.72. The Hall–Kier alpha value is -1.50. The zero-order chi connectivity index (χ0) is 25.5.